The van der Waals surface area contributed by atoms with Crippen molar-refractivity contribution < 1.29 is 43.3 Å². The number of nitrogens with zero attached hydrogens (tertiary/aromatic N) is 3. The van der Waals surface area contributed by atoms with Crippen molar-refractivity contribution in [3.8, 4) is 22.9 Å². The maximum Gasteiger partial charge on any atom is 0.408 e. The third-order valence-electron chi connectivity index (χ3n) is 12.3. The van der Waals surface area contributed by atoms with Crippen LogP contribution in [0.15, 0.2) is 42.3 Å². The Labute approximate surface area is 360 Å². The van der Waals surface area contributed by atoms with Crippen LogP contribution in [0.5, 0.6) is 11.5 Å². The molecule has 328 valence electrons. The molecule has 3 aliphatic carbocycles. The molecule has 15 nitrogen and oxygen atoms in total. The fraction of sp³-hybridized carbons (Fsp3) is 0.578. The van der Waals surface area contributed by atoms with Gasteiger partial charge in [0, 0.05) is 41.7 Å². The quantitative estimate of drug-likeness (QED) is 0.119. The summed E-state index contributed by atoms with van der Waals surface area (Å²) in [4.78, 5) is 78.9. The first-order valence-corrected chi connectivity index (χ1v) is 22.4. The Hall–Kier alpha value is -5.25. The minimum atomic E-state index is -1.52. The van der Waals surface area contributed by atoms with Gasteiger partial charge < -0.3 is 40.2 Å². The third kappa shape index (κ3) is 10.3. The summed E-state index contributed by atoms with van der Waals surface area (Å²) >= 11 is 1.27. The molecule has 0 radical (unpaired) electrons. The SMILES string of the molecule is C=CC1CC1(NC(=O)C1CC(Oc2cc(-c3csc(NC(=O)CC(C)(C)C)n3)nc3cc(OC)ccc23)CN1C(=O)C(NC(=O)OC1CCCCC1)C1CCCCC1)C(=O)O. The van der Waals surface area contributed by atoms with Crippen molar-refractivity contribution in [2.45, 2.75) is 134 Å². The molecule has 4 fully saturated rings. The van der Waals surface area contributed by atoms with Crippen LogP contribution in [0.4, 0.5) is 9.93 Å². The first kappa shape index (κ1) is 43.8. The number of methoxy groups -OCH3 is 1. The lowest BCUT2D eigenvalue weighted by molar-refractivity contribution is -0.146. The highest BCUT2D eigenvalue weighted by atomic mass is 32.1. The van der Waals surface area contributed by atoms with Crippen LogP contribution >= 0.6 is 11.3 Å². The van der Waals surface area contributed by atoms with Gasteiger partial charge >= 0.3 is 12.1 Å². The number of carbonyl (C=O) groups is 5. The molecule has 16 heteroatoms. The lowest BCUT2D eigenvalue weighted by atomic mass is 9.83. The number of likely N-dealkylation sites (tertiary alicyclic amines) is 1. The highest BCUT2D eigenvalue weighted by Gasteiger charge is 2.61. The zero-order valence-electron chi connectivity index (χ0n) is 35.5. The number of thiazole rings is 1. The molecule has 2 aromatic heterocycles. The van der Waals surface area contributed by atoms with Gasteiger partial charge in [-0.15, -0.1) is 17.9 Å². The van der Waals surface area contributed by atoms with E-state index in [0.717, 1.165) is 64.2 Å². The zero-order valence-corrected chi connectivity index (χ0v) is 36.3. The van der Waals surface area contributed by atoms with E-state index in [4.69, 9.17) is 19.2 Å². The zero-order chi connectivity index (χ0) is 43.5. The summed E-state index contributed by atoms with van der Waals surface area (Å²) in [5.74, 6) is -2.03. The highest BCUT2D eigenvalue weighted by molar-refractivity contribution is 7.14. The van der Waals surface area contributed by atoms with Gasteiger partial charge in [0.2, 0.25) is 17.7 Å². The first-order chi connectivity index (χ1) is 29.2. The Kier molecular flexibility index (Phi) is 13.2. The number of carboxylic acid groups (broad SMARTS) is 1. The number of ether oxygens (including phenoxy) is 3. The first-order valence-electron chi connectivity index (χ1n) is 21.5. The van der Waals surface area contributed by atoms with E-state index in [1.165, 1.54) is 22.3 Å². The molecular formula is C45H58N6O9S. The number of nitrogens with one attached hydrogen (secondary N) is 3. The molecule has 0 spiro atoms. The molecule has 4 amide bonds. The fourth-order valence-corrected chi connectivity index (χ4v) is 9.74. The number of hydrogen-bond donors (Lipinski definition) is 4. The van der Waals surface area contributed by atoms with Gasteiger partial charge in [0.25, 0.3) is 0 Å². The Morgan fingerprint density at radius 2 is 1.72 bits per heavy atom. The molecule has 3 heterocycles. The normalized spacial score (nSPS) is 23.7. The van der Waals surface area contributed by atoms with E-state index >= 15 is 0 Å². The van der Waals surface area contributed by atoms with E-state index in [-0.39, 0.29) is 42.7 Å². The van der Waals surface area contributed by atoms with Crippen molar-refractivity contribution in [1.82, 2.24) is 25.5 Å². The van der Waals surface area contributed by atoms with Crippen molar-refractivity contribution in [2.75, 3.05) is 19.0 Å². The average Bonchev–Trinajstić information content (AvgIpc) is 3.50. The average molecular weight is 859 g/mol. The van der Waals surface area contributed by atoms with Crippen LogP contribution < -0.4 is 25.4 Å². The predicted octanol–water partition coefficient (Wildman–Crippen LogP) is 7.24. The van der Waals surface area contributed by atoms with Gasteiger partial charge in [0.05, 0.1) is 24.9 Å². The Morgan fingerprint density at radius 1 is 1.00 bits per heavy atom. The van der Waals surface area contributed by atoms with Crippen LogP contribution in [-0.2, 0) is 23.9 Å². The van der Waals surface area contributed by atoms with Crippen LogP contribution in [0.1, 0.15) is 104 Å². The smallest absolute Gasteiger partial charge is 0.408 e. The predicted molar refractivity (Wildman–Crippen MR) is 230 cm³/mol. The maximum atomic E-state index is 14.9. The number of rotatable bonds is 14. The minimum Gasteiger partial charge on any atom is -0.497 e. The molecule has 3 aromatic rings. The van der Waals surface area contributed by atoms with Crippen LogP contribution in [0.25, 0.3) is 22.3 Å². The molecule has 4 aliphatic rings. The maximum absolute atomic E-state index is 14.9. The standard InChI is InChI=1S/C45H58N6O9S/c1-6-27-22-45(27,41(55)56)50-39(53)35-20-30(24-51(35)40(54)38(26-13-9-7-10-14-26)49-43(57)60-28-15-11-8-12-16-28)59-36-21-33(46-32-19-29(58-5)17-18-31(32)36)34-25-61-42(47-34)48-37(52)23-44(2,3)4/h6,17-19,21,25-28,30,35,38H,1,7-16,20,22-24H2,2-5H3,(H,49,57)(H,50,53)(H,55,56)(H,47,48,52). The van der Waals surface area contributed by atoms with Crippen molar-refractivity contribution in [3.63, 3.8) is 0 Å². The summed E-state index contributed by atoms with van der Waals surface area (Å²) in [6, 6.07) is 5.07. The molecule has 1 aliphatic heterocycles. The molecule has 1 aromatic carbocycles. The van der Waals surface area contributed by atoms with Crippen LogP contribution in [-0.4, -0.2) is 93.2 Å². The number of pyridine rings is 1. The van der Waals surface area contributed by atoms with Gasteiger partial charge in [-0.2, -0.15) is 0 Å². The molecule has 7 rings (SSSR count). The fourth-order valence-electron chi connectivity index (χ4n) is 9.02. The van der Waals surface area contributed by atoms with E-state index in [2.05, 4.69) is 27.5 Å². The number of fused-ring (bicyclic) bond motifs is 1. The number of aromatic nitrogens is 2. The third-order valence-corrected chi connectivity index (χ3v) is 13.1. The summed E-state index contributed by atoms with van der Waals surface area (Å²) < 4.78 is 18.1. The van der Waals surface area contributed by atoms with Gasteiger partial charge in [-0.25, -0.2) is 19.6 Å². The Bertz CT molecular complexity index is 2140. The highest BCUT2D eigenvalue weighted by Crippen LogP contribution is 2.45. The molecule has 5 atom stereocenters. The second-order valence-electron chi connectivity index (χ2n) is 18.2. The Balaban J connectivity index is 1.19. The van der Waals surface area contributed by atoms with Gasteiger partial charge in [-0.3, -0.25) is 14.4 Å². The monoisotopic (exact) mass is 858 g/mol. The van der Waals surface area contributed by atoms with Crippen LogP contribution in [0.3, 0.4) is 0 Å². The van der Waals surface area contributed by atoms with Crippen molar-refractivity contribution in [2.24, 2.45) is 17.3 Å². The molecule has 3 saturated carbocycles. The molecule has 61 heavy (non-hydrogen) atoms. The Morgan fingerprint density at radius 3 is 2.38 bits per heavy atom. The minimum absolute atomic E-state index is 0.0135. The van der Waals surface area contributed by atoms with E-state index in [0.29, 0.717) is 45.3 Å². The van der Waals surface area contributed by atoms with Crippen molar-refractivity contribution in [1.29, 1.82) is 0 Å². The largest absolute Gasteiger partial charge is 0.497 e. The summed E-state index contributed by atoms with van der Waals surface area (Å²) in [7, 11) is 1.56. The van der Waals surface area contributed by atoms with Crippen molar-refractivity contribution >= 4 is 57.2 Å². The van der Waals surface area contributed by atoms with Crippen molar-refractivity contribution in [3.05, 3.63) is 42.3 Å². The van der Waals surface area contributed by atoms with Gasteiger partial charge in [0.15, 0.2) is 5.13 Å². The van der Waals surface area contributed by atoms with Gasteiger partial charge in [-0.05, 0) is 68.4 Å². The van der Waals surface area contributed by atoms with E-state index in [9.17, 15) is 29.1 Å². The molecular weight excluding hydrogens is 801 g/mol. The van der Waals surface area contributed by atoms with Crippen LogP contribution in [0, 0.1) is 17.3 Å². The number of hydrogen-bond acceptors (Lipinski definition) is 11. The van der Waals surface area contributed by atoms with Gasteiger partial charge in [0.1, 0.15) is 47.0 Å². The molecule has 5 unspecified atom stereocenters. The number of alkyl carbamates (subject to hydrolysis) is 1. The number of benzene rings is 1. The van der Waals surface area contributed by atoms with E-state index < -0.39 is 53.5 Å². The summed E-state index contributed by atoms with van der Waals surface area (Å²) in [5, 5.41) is 21.6. The molecule has 4 N–H and O–H groups in total. The van der Waals surface area contributed by atoms with Crippen LogP contribution in [0.2, 0.25) is 0 Å². The van der Waals surface area contributed by atoms with Gasteiger partial charge in [-0.1, -0.05) is 52.5 Å². The number of anilines is 1. The van der Waals surface area contributed by atoms with E-state index in [1.54, 1.807) is 30.7 Å². The topological polar surface area (TPSA) is 198 Å². The number of carbonyl (C=O) groups excluding carboxylic acids is 4. The summed E-state index contributed by atoms with van der Waals surface area (Å²) in [6.07, 6.45) is 9.35. The number of amides is 4. The molecule has 1 saturated heterocycles. The second kappa shape index (κ2) is 18.4. The summed E-state index contributed by atoms with van der Waals surface area (Å²) in [6.45, 7) is 9.70. The number of carboxylic acids is 1. The number of aliphatic carboxylic acids is 1. The molecule has 0 bridgehead atoms. The lowest BCUT2D eigenvalue weighted by Crippen LogP contribution is -2.58. The summed E-state index contributed by atoms with van der Waals surface area (Å²) in [5.41, 5.74) is -0.205. The lowest BCUT2D eigenvalue weighted by Gasteiger charge is -2.35. The second-order valence-corrected chi connectivity index (χ2v) is 19.0. The van der Waals surface area contributed by atoms with E-state index in [1.807, 2.05) is 26.8 Å².